The first kappa shape index (κ1) is 14.3. The predicted octanol–water partition coefficient (Wildman–Crippen LogP) is 0.175. The van der Waals surface area contributed by atoms with Gasteiger partial charge in [0.2, 0.25) is 0 Å². The lowest BCUT2D eigenvalue weighted by atomic mass is 10.4. The fourth-order valence-electron chi connectivity index (χ4n) is 1.50. The van der Waals surface area contributed by atoms with Crippen LogP contribution in [-0.2, 0) is 9.53 Å². The van der Waals surface area contributed by atoms with Crippen LogP contribution in [0, 0.1) is 11.3 Å². The molecule has 1 saturated carbocycles. The van der Waals surface area contributed by atoms with Crippen molar-refractivity contribution < 1.29 is 19.4 Å². The lowest BCUT2D eigenvalue weighted by Gasteiger charge is -2.21. The molecule has 1 rings (SSSR count). The molecule has 0 unspecified atom stereocenters. The van der Waals surface area contributed by atoms with E-state index in [-0.39, 0.29) is 31.8 Å². The van der Waals surface area contributed by atoms with E-state index < -0.39 is 5.97 Å². The Morgan fingerprint density at radius 1 is 1.50 bits per heavy atom. The summed E-state index contributed by atoms with van der Waals surface area (Å²) in [6.07, 6.45) is 2.28. The standard InChI is InChI=1S/C11H17N3O4/c12-4-1-6-14(9-2-3-9)11(17)13-5-7-18-8-10(15)16/h9H,1-3,5-8H2,(H,13,17)(H,15,16). The molecule has 0 aliphatic heterocycles. The molecule has 1 aliphatic carbocycles. The lowest BCUT2D eigenvalue weighted by Crippen LogP contribution is -2.43. The van der Waals surface area contributed by atoms with Crippen LogP contribution in [0.5, 0.6) is 0 Å². The normalized spacial score (nSPS) is 13.7. The number of aliphatic carboxylic acids is 1. The van der Waals surface area contributed by atoms with Gasteiger partial charge in [-0.3, -0.25) is 0 Å². The van der Waals surface area contributed by atoms with Gasteiger partial charge in [0.1, 0.15) is 6.61 Å². The largest absolute Gasteiger partial charge is 0.480 e. The zero-order valence-corrected chi connectivity index (χ0v) is 10.1. The van der Waals surface area contributed by atoms with Gasteiger partial charge >= 0.3 is 12.0 Å². The molecule has 0 aromatic heterocycles. The van der Waals surface area contributed by atoms with E-state index in [4.69, 9.17) is 15.1 Å². The molecule has 7 nitrogen and oxygen atoms in total. The second-order valence-electron chi connectivity index (χ2n) is 4.01. The smallest absolute Gasteiger partial charge is 0.329 e. The maximum atomic E-state index is 11.8. The number of carboxylic acid groups (broad SMARTS) is 1. The van der Waals surface area contributed by atoms with Crippen LogP contribution in [0.3, 0.4) is 0 Å². The third kappa shape index (κ3) is 5.50. The van der Waals surface area contributed by atoms with Gasteiger partial charge in [0.15, 0.2) is 0 Å². The number of ether oxygens (including phenoxy) is 1. The van der Waals surface area contributed by atoms with Gasteiger partial charge in [-0.1, -0.05) is 0 Å². The molecule has 0 saturated heterocycles. The number of carboxylic acids is 1. The highest BCUT2D eigenvalue weighted by atomic mass is 16.5. The number of urea groups is 1. The van der Waals surface area contributed by atoms with Crippen LogP contribution in [-0.4, -0.2) is 54.4 Å². The van der Waals surface area contributed by atoms with Crippen molar-refractivity contribution in [2.75, 3.05) is 26.3 Å². The monoisotopic (exact) mass is 255 g/mol. The van der Waals surface area contributed by atoms with Gasteiger partial charge < -0.3 is 20.1 Å². The Bertz CT molecular complexity index is 336. The van der Waals surface area contributed by atoms with Crippen molar-refractivity contribution in [3.05, 3.63) is 0 Å². The summed E-state index contributed by atoms with van der Waals surface area (Å²) in [6.45, 7) is 0.496. The third-order valence-corrected chi connectivity index (χ3v) is 2.46. The van der Waals surface area contributed by atoms with Crippen molar-refractivity contribution in [1.29, 1.82) is 5.26 Å². The van der Waals surface area contributed by atoms with Gasteiger partial charge in [0.25, 0.3) is 0 Å². The highest BCUT2D eigenvalue weighted by Crippen LogP contribution is 2.26. The Kier molecular flexibility index (Phi) is 5.94. The minimum Gasteiger partial charge on any atom is -0.480 e. The first-order valence-electron chi connectivity index (χ1n) is 5.86. The summed E-state index contributed by atoms with van der Waals surface area (Å²) in [7, 11) is 0. The zero-order valence-electron chi connectivity index (χ0n) is 10.1. The van der Waals surface area contributed by atoms with Gasteiger partial charge in [-0.2, -0.15) is 5.26 Å². The first-order chi connectivity index (χ1) is 8.65. The summed E-state index contributed by atoms with van der Waals surface area (Å²) < 4.78 is 4.80. The minimum absolute atomic E-state index is 0.162. The number of carbonyl (C=O) groups excluding carboxylic acids is 1. The highest BCUT2D eigenvalue weighted by molar-refractivity contribution is 5.74. The molecule has 18 heavy (non-hydrogen) atoms. The van der Waals surface area contributed by atoms with Crippen LogP contribution >= 0.6 is 0 Å². The van der Waals surface area contributed by atoms with E-state index in [0.29, 0.717) is 13.0 Å². The van der Waals surface area contributed by atoms with Crippen molar-refractivity contribution in [2.24, 2.45) is 0 Å². The van der Waals surface area contributed by atoms with E-state index in [9.17, 15) is 9.59 Å². The molecular formula is C11H17N3O4. The zero-order chi connectivity index (χ0) is 13.4. The molecule has 0 aromatic carbocycles. The molecule has 1 aliphatic rings. The molecule has 1 fully saturated rings. The molecule has 0 aromatic rings. The molecule has 7 heteroatoms. The summed E-state index contributed by atoms with van der Waals surface area (Å²) in [6, 6.07) is 2.05. The lowest BCUT2D eigenvalue weighted by molar-refractivity contribution is -0.142. The number of nitrogens with zero attached hydrogens (tertiary/aromatic N) is 2. The second-order valence-corrected chi connectivity index (χ2v) is 4.01. The number of hydrogen-bond donors (Lipinski definition) is 2. The Morgan fingerprint density at radius 2 is 2.22 bits per heavy atom. The van der Waals surface area contributed by atoms with Crippen molar-refractivity contribution in [3.8, 4) is 6.07 Å². The van der Waals surface area contributed by atoms with Crippen LogP contribution < -0.4 is 5.32 Å². The number of nitrogens with one attached hydrogen (secondary N) is 1. The fraction of sp³-hybridized carbons (Fsp3) is 0.727. The first-order valence-corrected chi connectivity index (χ1v) is 5.86. The Morgan fingerprint density at radius 3 is 2.78 bits per heavy atom. The van der Waals surface area contributed by atoms with E-state index in [2.05, 4.69) is 5.32 Å². The van der Waals surface area contributed by atoms with Crippen LogP contribution in [0.2, 0.25) is 0 Å². The average Bonchev–Trinajstić information content (AvgIpc) is 3.13. The van der Waals surface area contributed by atoms with E-state index in [1.54, 1.807) is 4.90 Å². The number of nitriles is 1. The topological polar surface area (TPSA) is 103 Å². The van der Waals surface area contributed by atoms with Crippen molar-refractivity contribution in [3.63, 3.8) is 0 Å². The maximum absolute atomic E-state index is 11.8. The van der Waals surface area contributed by atoms with Gasteiger partial charge in [-0.05, 0) is 12.8 Å². The Hall–Kier alpha value is -1.81. The van der Waals surface area contributed by atoms with Crippen molar-refractivity contribution >= 4 is 12.0 Å². The number of rotatable bonds is 8. The number of carbonyl (C=O) groups is 2. The summed E-state index contributed by atoms with van der Waals surface area (Å²) in [5.74, 6) is -1.03. The molecule has 100 valence electrons. The molecule has 0 radical (unpaired) electrons. The van der Waals surface area contributed by atoms with Gasteiger partial charge in [0, 0.05) is 19.1 Å². The summed E-state index contributed by atoms with van der Waals surface area (Å²) >= 11 is 0. The van der Waals surface area contributed by atoms with Crippen LogP contribution in [0.4, 0.5) is 4.79 Å². The van der Waals surface area contributed by atoms with Crippen molar-refractivity contribution in [2.45, 2.75) is 25.3 Å². The molecule has 0 spiro atoms. The van der Waals surface area contributed by atoms with Gasteiger partial charge in [-0.25, -0.2) is 9.59 Å². The Labute approximate surface area is 105 Å². The minimum atomic E-state index is -1.03. The summed E-state index contributed by atoms with van der Waals surface area (Å²) in [4.78, 5) is 23.6. The quantitative estimate of drug-likeness (QED) is 0.602. The fourth-order valence-corrected chi connectivity index (χ4v) is 1.50. The van der Waals surface area contributed by atoms with Crippen LogP contribution in [0.15, 0.2) is 0 Å². The molecule has 0 atom stereocenters. The van der Waals surface area contributed by atoms with E-state index >= 15 is 0 Å². The van der Waals surface area contributed by atoms with E-state index in [0.717, 1.165) is 12.8 Å². The molecule has 2 N–H and O–H groups in total. The predicted molar refractivity (Wildman–Crippen MR) is 61.8 cm³/mol. The van der Waals surface area contributed by atoms with Gasteiger partial charge in [0.05, 0.1) is 19.1 Å². The number of hydrogen-bond acceptors (Lipinski definition) is 4. The highest BCUT2D eigenvalue weighted by Gasteiger charge is 2.31. The van der Waals surface area contributed by atoms with E-state index in [1.807, 2.05) is 6.07 Å². The van der Waals surface area contributed by atoms with Crippen molar-refractivity contribution in [1.82, 2.24) is 10.2 Å². The third-order valence-electron chi connectivity index (χ3n) is 2.46. The molecule has 2 amide bonds. The summed E-state index contributed by atoms with van der Waals surface area (Å²) in [5.41, 5.74) is 0. The van der Waals surface area contributed by atoms with Crippen LogP contribution in [0.1, 0.15) is 19.3 Å². The second kappa shape index (κ2) is 7.50. The SMILES string of the molecule is N#CCCN(C(=O)NCCOCC(=O)O)C1CC1. The van der Waals surface area contributed by atoms with E-state index in [1.165, 1.54) is 0 Å². The molecular weight excluding hydrogens is 238 g/mol. The number of amides is 2. The molecule has 0 heterocycles. The van der Waals surface area contributed by atoms with Gasteiger partial charge in [-0.15, -0.1) is 0 Å². The average molecular weight is 255 g/mol. The van der Waals surface area contributed by atoms with Crippen LogP contribution in [0.25, 0.3) is 0 Å². The molecule has 0 bridgehead atoms. The Balaban J connectivity index is 2.16. The maximum Gasteiger partial charge on any atom is 0.329 e. The summed E-state index contributed by atoms with van der Waals surface area (Å²) in [5, 5.41) is 19.5.